The lowest BCUT2D eigenvalue weighted by molar-refractivity contribution is 0.235. The number of fused-ring (bicyclic) bond motifs is 1. The Morgan fingerprint density at radius 2 is 1.11 bits per heavy atom. The zero-order chi connectivity index (χ0) is 19.5. The van der Waals surface area contributed by atoms with Gasteiger partial charge in [0.05, 0.1) is 11.1 Å². The van der Waals surface area contributed by atoms with Crippen molar-refractivity contribution in [3.8, 4) is 12.1 Å². The largest absolute Gasteiger partial charge is 0.192 e. The van der Waals surface area contributed by atoms with Crippen LogP contribution in [0.3, 0.4) is 0 Å². The van der Waals surface area contributed by atoms with E-state index >= 15 is 0 Å². The maximum Gasteiger partial charge on any atom is 0.101 e. The van der Waals surface area contributed by atoms with E-state index in [-0.39, 0.29) is 0 Å². The fourth-order valence-corrected chi connectivity index (χ4v) is 4.76. The van der Waals surface area contributed by atoms with E-state index in [0.29, 0.717) is 16.5 Å². The van der Waals surface area contributed by atoms with Crippen molar-refractivity contribution in [1.82, 2.24) is 0 Å². The van der Waals surface area contributed by atoms with Gasteiger partial charge in [0, 0.05) is 0 Å². The van der Waals surface area contributed by atoms with Gasteiger partial charge in [-0.15, -0.1) is 0 Å². The van der Waals surface area contributed by atoms with E-state index in [2.05, 4.69) is 26.0 Å². The summed E-state index contributed by atoms with van der Waals surface area (Å²) in [5.41, 5.74) is 4.12. The quantitative estimate of drug-likeness (QED) is 0.367. The molecule has 0 amide bonds. The normalized spacial score (nSPS) is 14.5. The molecule has 1 aromatic rings. The van der Waals surface area contributed by atoms with Gasteiger partial charge in [0.1, 0.15) is 12.1 Å². The number of nitriles is 2. The van der Waals surface area contributed by atoms with Crippen LogP contribution in [-0.4, -0.2) is 0 Å². The molecule has 0 saturated heterocycles. The summed E-state index contributed by atoms with van der Waals surface area (Å²) in [6.45, 7) is 4.54. The van der Waals surface area contributed by atoms with Gasteiger partial charge < -0.3 is 0 Å². The summed E-state index contributed by atoms with van der Waals surface area (Å²) >= 11 is 0. The summed E-state index contributed by atoms with van der Waals surface area (Å²) in [5, 5.41) is 18.7. The first-order chi connectivity index (χ1) is 13.2. The van der Waals surface area contributed by atoms with Crippen molar-refractivity contribution < 1.29 is 0 Å². The molecule has 0 atom stereocenters. The molecule has 1 aromatic carbocycles. The first-order valence-electron chi connectivity index (χ1n) is 11.1. The number of rotatable bonds is 12. The summed E-state index contributed by atoms with van der Waals surface area (Å²) in [6, 6.07) is 8.44. The van der Waals surface area contributed by atoms with Crippen molar-refractivity contribution in [2.24, 2.45) is 5.41 Å². The highest BCUT2D eigenvalue weighted by Crippen LogP contribution is 2.45. The number of unbranched alkanes of at least 4 members (excludes halogenated alkanes) is 8. The zero-order valence-electron chi connectivity index (χ0n) is 17.4. The van der Waals surface area contributed by atoms with Crippen LogP contribution in [0.2, 0.25) is 0 Å². The first kappa shape index (κ1) is 21.5. The minimum absolute atomic E-state index is 0.363. The Labute approximate surface area is 166 Å². The van der Waals surface area contributed by atoms with E-state index in [1.54, 1.807) is 0 Å². The number of hydrogen-bond donors (Lipinski definition) is 0. The van der Waals surface area contributed by atoms with Crippen molar-refractivity contribution in [3.05, 3.63) is 34.4 Å². The Kier molecular flexibility index (Phi) is 8.87. The van der Waals surface area contributed by atoms with Crippen molar-refractivity contribution in [1.29, 1.82) is 10.5 Å². The molecule has 0 bridgehead atoms. The lowest BCUT2D eigenvalue weighted by Gasteiger charge is -2.29. The molecule has 27 heavy (non-hydrogen) atoms. The standard InChI is InChI=1S/C25H36N2/c1-3-5-7-9-11-13-25(14-12-10-8-6-4-2)17-21-15-23(19-26)24(20-27)16-22(21)18-25/h15-16H,3-14,17-18H2,1-2H3. The molecular weight excluding hydrogens is 328 g/mol. The predicted molar refractivity (Wildman–Crippen MR) is 112 cm³/mol. The van der Waals surface area contributed by atoms with Crippen LogP contribution < -0.4 is 0 Å². The highest BCUT2D eigenvalue weighted by Gasteiger charge is 2.36. The van der Waals surface area contributed by atoms with Crippen molar-refractivity contribution in [2.45, 2.75) is 104 Å². The maximum atomic E-state index is 9.36. The topological polar surface area (TPSA) is 47.6 Å². The van der Waals surface area contributed by atoms with Gasteiger partial charge in [-0.25, -0.2) is 0 Å². The molecule has 0 N–H and O–H groups in total. The van der Waals surface area contributed by atoms with E-state index < -0.39 is 0 Å². The summed E-state index contributed by atoms with van der Waals surface area (Å²) in [6.07, 6.45) is 18.1. The van der Waals surface area contributed by atoms with Crippen LogP contribution in [-0.2, 0) is 12.8 Å². The van der Waals surface area contributed by atoms with Gasteiger partial charge >= 0.3 is 0 Å². The third-order valence-electron chi connectivity index (χ3n) is 6.33. The monoisotopic (exact) mass is 364 g/mol. The SMILES string of the molecule is CCCCCCCC1(CCCCCCC)Cc2cc(C#N)c(C#N)cc2C1. The Bertz CT molecular complexity index is 616. The molecule has 0 unspecified atom stereocenters. The van der Waals surface area contributed by atoms with Crippen molar-refractivity contribution in [3.63, 3.8) is 0 Å². The Balaban J connectivity index is 2.06. The third kappa shape index (κ3) is 6.10. The molecule has 2 rings (SSSR count). The first-order valence-corrected chi connectivity index (χ1v) is 11.1. The molecule has 1 aliphatic rings. The van der Waals surface area contributed by atoms with Gasteiger partial charge in [0.25, 0.3) is 0 Å². The molecule has 146 valence electrons. The van der Waals surface area contributed by atoms with Gasteiger partial charge in [0.2, 0.25) is 0 Å². The summed E-state index contributed by atoms with van der Waals surface area (Å²) in [4.78, 5) is 0. The van der Waals surface area contributed by atoms with Gasteiger partial charge in [-0.3, -0.25) is 0 Å². The minimum Gasteiger partial charge on any atom is -0.192 e. The summed E-state index contributed by atoms with van der Waals surface area (Å²) in [5.74, 6) is 0. The second-order valence-corrected chi connectivity index (χ2v) is 8.57. The molecule has 0 spiro atoms. The highest BCUT2D eigenvalue weighted by atomic mass is 14.4. The molecule has 0 heterocycles. The molecule has 0 fully saturated rings. The Hall–Kier alpha value is -1.80. The van der Waals surface area contributed by atoms with Crippen LogP contribution in [0.5, 0.6) is 0 Å². The van der Waals surface area contributed by atoms with Crippen LogP contribution >= 0.6 is 0 Å². The zero-order valence-corrected chi connectivity index (χ0v) is 17.4. The number of benzene rings is 1. The van der Waals surface area contributed by atoms with Crippen LogP contribution in [0.4, 0.5) is 0 Å². The second kappa shape index (κ2) is 11.1. The Morgan fingerprint density at radius 3 is 1.48 bits per heavy atom. The maximum absolute atomic E-state index is 9.36. The molecule has 0 saturated carbocycles. The molecule has 2 nitrogen and oxygen atoms in total. The number of hydrogen-bond acceptors (Lipinski definition) is 2. The third-order valence-corrected chi connectivity index (χ3v) is 6.33. The lowest BCUT2D eigenvalue weighted by atomic mass is 9.75. The van der Waals surface area contributed by atoms with E-state index in [4.69, 9.17) is 0 Å². The minimum atomic E-state index is 0.363. The average molecular weight is 365 g/mol. The van der Waals surface area contributed by atoms with E-state index in [9.17, 15) is 10.5 Å². The average Bonchev–Trinajstić information content (AvgIpc) is 3.04. The smallest absolute Gasteiger partial charge is 0.101 e. The van der Waals surface area contributed by atoms with Crippen LogP contribution in [0, 0.1) is 28.1 Å². The van der Waals surface area contributed by atoms with Crippen molar-refractivity contribution in [2.75, 3.05) is 0 Å². The van der Waals surface area contributed by atoms with Gasteiger partial charge in [-0.1, -0.05) is 78.1 Å². The van der Waals surface area contributed by atoms with Crippen LogP contribution in [0.25, 0.3) is 0 Å². The molecule has 0 radical (unpaired) electrons. The molecule has 0 aromatic heterocycles. The van der Waals surface area contributed by atoms with Gasteiger partial charge in [-0.2, -0.15) is 10.5 Å². The summed E-state index contributed by atoms with van der Waals surface area (Å²) in [7, 11) is 0. The number of nitrogens with zero attached hydrogens (tertiary/aromatic N) is 2. The highest BCUT2D eigenvalue weighted by molar-refractivity contribution is 5.52. The van der Waals surface area contributed by atoms with E-state index in [1.165, 1.54) is 88.2 Å². The van der Waals surface area contributed by atoms with E-state index in [1.807, 2.05) is 12.1 Å². The van der Waals surface area contributed by atoms with Crippen molar-refractivity contribution >= 4 is 0 Å². The van der Waals surface area contributed by atoms with Gasteiger partial charge in [-0.05, 0) is 54.4 Å². The van der Waals surface area contributed by atoms with E-state index in [0.717, 1.165) is 12.8 Å². The molecule has 0 aliphatic heterocycles. The fourth-order valence-electron chi connectivity index (χ4n) is 4.76. The Morgan fingerprint density at radius 1 is 0.704 bits per heavy atom. The summed E-state index contributed by atoms with van der Waals surface area (Å²) < 4.78 is 0. The molecule has 2 heteroatoms. The second-order valence-electron chi connectivity index (χ2n) is 8.57. The lowest BCUT2D eigenvalue weighted by Crippen LogP contribution is -2.21. The molecule has 1 aliphatic carbocycles. The predicted octanol–water partition coefficient (Wildman–Crippen LogP) is 7.24. The molecular formula is C25H36N2. The van der Waals surface area contributed by atoms with Crippen LogP contribution in [0.1, 0.15) is 113 Å². The van der Waals surface area contributed by atoms with Crippen LogP contribution in [0.15, 0.2) is 12.1 Å². The van der Waals surface area contributed by atoms with Gasteiger partial charge in [0.15, 0.2) is 0 Å². The fraction of sp³-hybridized carbons (Fsp3) is 0.680.